The molecule has 17 heavy (non-hydrogen) atoms. The van der Waals surface area contributed by atoms with Crippen LogP contribution in [0.3, 0.4) is 0 Å². The van der Waals surface area contributed by atoms with Crippen LogP contribution in [0.2, 0.25) is 5.31 Å². The average Bonchev–Trinajstić information content (AvgIpc) is 2.50. The number of thiazole rings is 1. The van der Waals surface area contributed by atoms with Crippen LogP contribution in [0.4, 0.5) is 0 Å². The van der Waals surface area contributed by atoms with Gasteiger partial charge >= 0.3 is 0 Å². The van der Waals surface area contributed by atoms with E-state index in [2.05, 4.69) is 23.5 Å². The standard InChI is InChI=1S/C11H17BN2S.C2H6/c1-11(12)6-4-5-8-9(7-11)15-10(13-2)14(8)3;1-2/h4-7H2,1-3H3;1-2H3. The van der Waals surface area contributed by atoms with Gasteiger partial charge in [0.05, 0.1) is 7.85 Å². The largest absolute Gasteiger partial charge is 0.324 e. The van der Waals surface area contributed by atoms with Crippen LogP contribution in [0.1, 0.15) is 44.2 Å². The molecule has 0 bridgehead atoms. The summed E-state index contributed by atoms with van der Waals surface area (Å²) in [6, 6.07) is 0. The number of rotatable bonds is 0. The van der Waals surface area contributed by atoms with Crippen molar-refractivity contribution in [1.29, 1.82) is 0 Å². The number of aromatic nitrogens is 1. The summed E-state index contributed by atoms with van der Waals surface area (Å²) in [6.07, 6.45) is 4.45. The molecule has 1 aliphatic rings. The Bertz CT molecular complexity index is 429. The van der Waals surface area contributed by atoms with Crippen molar-refractivity contribution in [3.8, 4) is 0 Å². The highest BCUT2D eigenvalue weighted by atomic mass is 32.1. The highest BCUT2D eigenvalue weighted by Gasteiger charge is 2.25. The maximum absolute atomic E-state index is 6.26. The Hall–Kier alpha value is -0.505. The minimum atomic E-state index is -0.0336. The lowest BCUT2D eigenvalue weighted by Crippen LogP contribution is -2.12. The summed E-state index contributed by atoms with van der Waals surface area (Å²) >= 11 is 1.79. The molecule has 0 aliphatic heterocycles. The van der Waals surface area contributed by atoms with E-state index in [4.69, 9.17) is 7.85 Å². The van der Waals surface area contributed by atoms with Gasteiger partial charge in [0.1, 0.15) is 0 Å². The Morgan fingerprint density at radius 3 is 2.65 bits per heavy atom. The first-order valence-electron chi connectivity index (χ1n) is 6.43. The van der Waals surface area contributed by atoms with E-state index in [1.807, 2.05) is 20.9 Å². The smallest absolute Gasteiger partial charge is 0.184 e. The molecule has 1 aromatic heterocycles. The van der Waals surface area contributed by atoms with E-state index in [1.165, 1.54) is 17.0 Å². The van der Waals surface area contributed by atoms with E-state index in [1.54, 1.807) is 11.3 Å². The van der Waals surface area contributed by atoms with E-state index in [0.29, 0.717) is 0 Å². The fourth-order valence-corrected chi connectivity index (χ4v) is 3.61. The van der Waals surface area contributed by atoms with Crippen LogP contribution < -0.4 is 4.80 Å². The Morgan fingerprint density at radius 1 is 1.41 bits per heavy atom. The van der Waals surface area contributed by atoms with Gasteiger partial charge in [-0.15, -0.1) is 11.3 Å². The van der Waals surface area contributed by atoms with Crippen LogP contribution in [-0.4, -0.2) is 19.5 Å². The lowest BCUT2D eigenvalue weighted by molar-refractivity contribution is 0.551. The summed E-state index contributed by atoms with van der Waals surface area (Å²) in [4.78, 5) is 6.83. The topological polar surface area (TPSA) is 17.3 Å². The molecule has 94 valence electrons. The highest BCUT2D eigenvalue weighted by molar-refractivity contribution is 7.09. The van der Waals surface area contributed by atoms with Crippen LogP contribution in [0.25, 0.3) is 0 Å². The zero-order valence-electron chi connectivity index (χ0n) is 11.7. The second kappa shape index (κ2) is 5.90. The van der Waals surface area contributed by atoms with Gasteiger partial charge in [-0.25, -0.2) is 0 Å². The normalized spacial score (nSPS) is 24.6. The minimum Gasteiger partial charge on any atom is -0.324 e. The van der Waals surface area contributed by atoms with Gasteiger partial charge in [-0.1, -0.05) is 32.5 Å². The molecule has 2 rings (SSSR count). The molecule has 1 aliphatic carbocycles. The molecule has 2 radical (unpaired) electrons. The van der Waals surface area contributed by atoms with Gasteiger partial charge in [0.25, 0.3) is 0 Å². The zero-order chi connectivity index (χ0) is 13.1. The van der Waals surface area contributed by atoms with Crippen molar-refractivity contribution in [3.05, 3.63) is 15.4 Å². The molecule has 1 heterocycles. The molecule has 0 spiro atoms. The maximum Gasteiger partial charge on any atom is 0.184 e. The Labute approximate surface area is 110 Å². The minimum absolute atomic E-state index is 0.0336. The van der Waals surface area contributed by atoms with Gasteiger partial charge < -0.3 is 4.57 Å². The van der Waals surface area contributed by atoms with Gasteiger partial charge in [-0.05, 0) is 19.3 Å². The molecule has 0 N–H and O–H groups in total. The van der Waals surface area contributed by atoms with E-state index in [9.17, 15) is 0 Å². The Morgan fingerprint density at radius 2 is 2.06 bits per heavy atom. The van der Waals surface area contributed by atoms with E-state index < -0.39 is 0 Å². The second-order valence-electron chi connectivity index (χ2n) is 4.72. The molecule has 0 saturated heterocycles. The monoisotopic (exact) mass is 250 g/mol. The molecule has 4 heteroatoms. The Balaban J connectivity index is 0.000000686. The predicted molar refractivity (Wildman–Crippen MR) is 76.9 cm³/mol. The molecule has 0 fully saturated rings. The predicted octanol–water partition coefficient (Wildman–Crippen LogP) is 2.87. The quantitative estimate of drug-likeness (QED) is 0.497. The fourth-order valence-electron chi connectivity index (χ4n) is 2.30. The van der Waals surface area contributed by atoms with Gasteiger partial charge in [-0.3, -0.25) is 4.99 Å². The lowest BCUT2D eigenvalue weighted by atomic mass is 9.66. The molecule has 0 aromatic carbocycles. The van der Waals surface area contributed by atoms with E-state index in [0.717, 1.165) is 24.1 Å². The molecule has 0 amide bonds. The van der Waals surface area contributed by atoms with Crippen molar-refractivity contribution in [3.63, 3.8) is 0 Å². The molecular formula is C13H23BN2S. The number of fused-ring (bicyclic) bond motifs is 1. The second-order valence-corrected chi connectivity index (χ2v) is 5.78. The molecular weight excluding hydrogens is 227 g/mol. The third kappa shape index (κ3) is 3.24. The van der Waals surface area contributed by atoms with Crippen LogP contribution in [0.5, 0.6) is 0 Å². The van der Waals surface area contributed by atoms with Crippen LogP contribution in [0, 0.1) is 0 Å². The maximum atomic E-state index is 6.26. The first kappa shape index (κ1) is 14.6. The first-order chi connectivity index (χ1) is 8.03. The van der Waals surface area contributed by atoms with Crippen molar-refractivity contribution in [2.75, 3.05) is 7.05 Å². The van der Waals surface area contributed by atoms with Gasteiger partial charge in [0.15, 0.2) is 4.80 Å². The summed E-state index contributed by atoms with van der Waals surface area (Å²) in [5.41, 5.74) is 1.44. The average molecular weight is 250 g/mol. The summed E-state index contributed by atoms with van der Waals surface area (Å²) < 4.78 is 2.22. The van der Waals surface area contributed by atoms with Crippen molar-refractivity contribution < 1.29 is 0 Å². The fraction of sp³-hybridized carbons (Fsp3) is 0.769. The number of hydrogen-bond donors (Lipinski definition) is 0. The van der Waals surface area contributed by atoms with Crippen LogP contribution in [-0.2, 0) is 19.9 Å². The number of hydrogen-bond acceptors (Lipinski definition) is 2. The van der Waals surface area contributed by atoms with Crippen molar-refractivity contribution in [2.45, 2.75) is 51.8 Å². The van der Waals surface area contributed by atoms with Crippen LogP contribution in [0.15, 0.2) is 4.99 Å². The number of nitrogens with zero attached hydrogens (tertiary/aromatic N) is 2. The zero-order valence-corrected chi connectivity index (χ0v) is 12.5. The summed E-state index contributed by atoms with van der Waals surface area (Å²) in [5, 5.41) is -0.0336. The van der Waals surface area contributed by atoms with E-state index in [-0.39, 0.29) is 5.31 Å². The van der Waals surface area contributed by atoms with E-state index >= 15 is 0 Å². The third-order valence-corrected chi connectivity index (χ3v) is 4.41. The van der Waals surface area contributed by atoms with Crippen molar-refractivity contribution in [2.24, 2.45) is 12.0 Å². The molecule has 1 atom stereocenters. The van der Waals surface area contributed by atoms with Gasteiger partial charge in [-0.2, -0.15) is 0 Å². The van der Waals surface area contributed by atoms with Crippen molar-refractivity contribution >= 4 is 19.2 Å². The molecule has 1 unspecified atom stereocenters. The van der Waals surface area contributed by atoms with Gasteiger partial charge in [0.2, 0.25) is 0 Å². The molecule has 2 nitrogen and oxygen atoms in total. The molecule has 1 aromatic rings. The first-order valence-corrected chi connectivity index (χ1v) is 7.24. The third-order valence-electron chi connectivity index (χ3n) is 3.15. The summed E-state index contributed by atoms with van der Waals surface area (Å²) in [5.74, 6) is 0. The summed E-state index contributed by atoms with van der Waals surface area (Å²) in [7, 11) is 10.2. The van der Waals surface area contributed by atoms with Crippen molar-refractivity contribution in [1.82, 2.24) is 4.57 Å². The highest BCUT2D eigenvalue weighted by Crippen LogP contribution is 2.37. The summed E-state index contributed by atoms with van der Waals surface area (Å²) in [6.45, 7) is 6.16. The van der Waals surface area contributed by atoms with Crippen LogP contribution >= 0.6 is 11.3 Å². The lowest BCUT2D eigenvalue weighted by Gasteiger charge is -2.21. The Kier molecular flexibility index (Phi) is 5.05. The van der Waals surface area contributed by atoms with Gasteiger partial charge in [0, 0.05) is 24.7 Å². The SMILES string of the molecule is CC.[B]C1(C)CCCc2c(sc(=NC)n2C)C1. The molecule has 0 saturated carbocycles.